The van der Waals surface area contributed by atoms with Crippen molar-refractivity contribution in [2.75, 3.05) is 29.0 Å². The van der Waals surface area contributed by atoms with Gasteiger partial charge in [0, 0.05) is 17.8 Å². The van der Waals surface area contributed by atoms with Crippen molar-refractivity contribution in [1.29, 1.82) is 0 Å². The van der Waals surface area contributed by atoms with Gasteiger partial charge in [0.15, 0.2) is 0 Å². The fourth-order valence-electron chi connectivity index (χ4n) is 3.80. The molecule has 1 aliphatic rings. The van der Waals surface area contributed by atoms with Crippen molar-refractivity contribution in [3.63, 3.8) is 0 Å². The van der Waals surface area contributed by atoms with E-state index in [1.165, 1.54) is 4.31 Å². The van der Waals surface area contributed by atoms with Gasteiger partial charge in [-0.3, -0.25) is 9.10 Å². The van der Waals surface area contributed by atoms with Crippen molar-refractivity contribution in [1.82, 2.24) is 0 Å². The molecular weight excluding hydrogens is 412 g/mol. The number of carbonyl (C=O) groups excluding carboxylic acids is 1. The van der Waals surface area contributed by atoms with Gasteiger partial charge in [0.1, 0.15) is 5.75 Å². The molecule has 3 aromatic carbocycles. The number of ether oxygens (including phenoxy) is 1. The van der Waals surface area contributed by atoms with Gasteiger partial charge in [0.05, 0.1) is 18.6 Å². The second-order valence-corrected chi connectivity index (χ2v) is 9.46. The van der Waals surface area contributed by atoms with Crippen molar-refractivity contribution in [3.05, 3.63) is 77.9 Å². The van der Waals surface area contributed by atoms with Gasteiger partial charge in [0.25, 0.3) is 5.91 Å². The molecule has 0 saturated carbocycles. The standard InChI is InChI=1S/C24H24N2O4S/c1-17-22(18-7-13-21(30-2)14-8-18)5-3-6-23(17)24(27)25-19-9-11-20(12-10-19)26-15-4-16-31(26,28)29/h3,5-14H,4,15-16H2,1-2H3,(H,25,27). The van der Waals surface area contributed by atoms with Crippen molar-refractivity contribution in [2.45, 2.75) is 13.3 Å². The number of rotatable bonds is 5. The number of sulfonamides is 1. The van der Waals surface area contributed by atoms with Crippen LogP contribution in [0.2, 0.25) is 0 Å². The van der Waals surface area contributed by atoms with Gasteiger partial charge in [-0.15, -0.1) is 0 Å². The van der Waals surface area contributed by atoms with Gasteiger partial charge in [0.2, 0.25) is 10.0 Å². The van der Waals surface area contributed by atoms with Gasteiger partial charge in [-0.2, -0.15) is 0 Å². The van der Waals surface area contributed by atoms with Crippen LogP contribution in [-0.2, 0) is 10.0 Å². The van der Waals surface area contributed by atoms with Crippen LogP contribution < -0.4 is 14.4 Å². The Balaban J connectivity index is 1.53. The smallest absolute Gasteiger partial charge is 0.255 e. The molecule has 1 saturated heterocycles. The van der Waals surface area contributed by atoms with Crippen LogP contribution in [0.3, 0.4) is 0 Å². The third-order valence-electron chi connectivity index (χ3n) is 5.49. The first-order valence-corrected chi connectivity index (χ1v) is 11.7. The summed E-state index contributed by atoms with van der Waals surface area (Å²) in [5, 5.41) is 2.91. The Morgan fingerprint density at radius 3 is 2.32 bits per heavy atom. The van der Waals surface area contributed by atoms with E-state index in [0.717, 1.165) is 22.4 Å². The molecule has 0 aromatic heterocycles. The van der Waals surface area contributed by atoms with Crippen LogP contribution in [0.4, 0.5) is 11.4 Å². The highest BCUT2D eigenvalue weighted by Gasteiger charge is 2.28. The zero-order valence-corrected chi connectivity index (χ0v) is 18.3. The molecule has 0 atom stereocenters. The highest BCUT2D eigenvalue weighted by atomic mass is 32.2. The number of anilines is 2. The van der Waals surface area contributed by atoms with E-state index in [1.54, 1.807) is 37.4 Å². The van der Waals surface area contributed by atoms with E-state index in [9.17, 15) is 13.2 Å². The average Bonchev–Trinajstić information content (AvgIpc) is 3.13. The lowest BCUT2D eigenvalue weighted by Crippen LogP contribution is -2.25. The Morgan fingerprint density at radius 2 is 1.71 bits per heavy atom. The van der Waals surface area contributed by atoms with Crippen LogP contribution in [0.1, 0.15) is 22.3 Å². The molecular formula is C24H24N2O4S. The van der Waals surface area contributed by atoms with Gasteiger partial charge in [-0.05, 0) is 72.5 Å². The van der Waals surface area contributed by atoms with Crippen molar-refractivity contribution in [2.24, 2.45) is 0 Å². The van der Waals surface area contributed by atoms with E-state index < -0.39 is 10.0 Å². The largest absolute Gasteiger partial charge is 0.497 e. The van der Waals surface area contributed by atoms with Gasteiger partial charge < -0.3 is 10.1 Å². The third-order valence-corrected chi connectivity index (χ3v) is 7.36. The normalized spacial score (nSPS) is 15.0. The predicted molar refractivity (Wildman–Crippen MR) is 123 cm³/mol. The van der Waals surface area contributed by atoms with E-state index >= 15 is 0 Å². The molecule has 160 valence electrons. The Bertz CT molecular complexity index is 1200. The molecule has 1 N–H and O–H groups in total. The highest BCUT2D eigenvalue weighted by molar-refractivity contribution is 7.93. The first kappa shape index (κ1) is 20.9. The highest BCUT2D eigenvalue weighted by Crippen LogP contribution is 2.29. The van der Waals surface area contributed by atoms with E-state index in [4.69, 9.17) is 4.74 Å². The Labute approximate surface area is 182 Å². The Morgan fingerprint density at radius 1 is 1.00 bits per heavy atom. The van der Waals surface area contributed by atoms with Crippen molar-refractivity contribution >= 4 is 27.3 Å². The molecule has 4 rings (SSSR count). The lowest BCUT2D eigenvalue weighted by atomic mass is 9.96. The lowest BCUT2D eigenvalue weighted by Gasteiger charge is -2.17. The second kappa shape index (κ2) is 8.43. The fraction of sp³-hybridized carbons (Fsp3) is 0.208. The van der Waals surface area contributed by atoms with Crippen LogP contribution >= 0.6 is 0 Å². The van der Waals surface area contributed by atoms with Crippen LogP contribution in [0, 0.1) is 6.92 Å². The van der Waals surface area contributed by atoms with E-state index in [-0.39, 0.29) is 11.7 Å². The predicted octanol–water partition coefficient (Wildman–Crippen LogP) is 4.46. The molecule has 0 aliphatic carbocycles. The number of benzene rings is 3. The van der Waals surface area contributed by atoms with Crippen LogP contribution in [-0.4, -0.2) is 33.7 Å². The van der Waals surface area contributed by atoms with Crippen LogP contribution in [0.5, 0.6) is 5.75 Å². The SMILES string of the molecule is COc1ccc(-c2cccc(C(=O)Nc3ccc(N4CCCS4(=O)=O)cc3)c2C)cc1. The monoisotopic (exact) mass is 436 g/mol. The molecule has 7 heteroatoms. The summed E-state index contributed by atoms with van der Waals surface area (Å²) in [7, 11) is -1.60. The minimum absolute atomic E-state index is 0.176. The maximum atomic E-state index is 12.9. The molecule has 0 spiro atoms. The summed E-state index contributed by atoms with van der Waals surface area (Å²) in [5.41, 5.74) is 4.67. The number of hydrogen-bond donors (Lipinski definition) is 1. The molecule has 0 bridgehead atoms. The van der Waals surface area contributed by atoms with Crippen LogP contribution in [0.15, 0.2) is 66.7 Å². The molecule has 31 heavy (non-hydrogen) atoms. The molecule has 3 aromatic rings. The number of nitrogens with one attached hydrogen (secondary N) is 1. The number of carbonyl (C=O) groups is 1. The summed E-state index contributed by atoms with van der Waals surface area (Å²) in [4.78, 5) is 12.9. The zero-order valence-electron chi connectivity index (χ0n) is 17.5. The first-order chi connectivity index (χ1) is 14.9. The molecule has 1 fully saturated rings. The molecule has 1 amide bonds. The lowest BCUT2D eigenvalue weighted by molar-refractivity contribution is 0.102. The maximum absolute atomic E-state index is 12.9. The summed E-state index contributed by atoms with van der Waals surface area (Å²) >= 11 is 0. The molecule has 1 aliphatic heterocycles. The summed E-state index contributed by atoms with van der Waals surface area (Å²) < 4.78 is 30.8. The topological polar surface area (TPSA) is 75.7 Å². The average molecular weight is 437 g/mol. The number of nitrogens with zero attached hydrogens (tertiary/aromatic N) is 1. The van der Waals surface area contributed by atoms with E-state index in [2.05, 4.69) is 5.32 Å². The minimum Gasteiger partial charge on any atom is -0.497 e. The van der Waals surface area contributed by atoms with E-state index in [0.29, 0.717) is 29.9 Å². The van der Waals surface area contributed by atoms with Crippen LogP contribution in [0.25, 0.3) is 11.1 Å². The Kier molecular flexibility index (Phi) is 5.69. The third kappa shape index (κ3) is 4.27. The number of hydrogen-bond acceptors (Lipinski definition) is 4. The summed E-state index contributed by atoms with van der Waals surface area (Å²) in [6.07, 6.45) is 0.630. The van der Waals surface area contributed by atoms with E-state index in [1.807, 2.05) is 43.3 Å². The number of methoxy groups -OCH3 is 1. The van der Waals surface area contributed by atoms with Gasteiger partial charge >= 0.3 is 0 Å². The number of amides is 1. The summed E-state index contributed by atoms with van der Waals surface area (Å²) in [6, 6.07) is 20.3. The van der Waals surface area contributed by atoms with Crippen molar-refractivity contribution in [3.8, 4) is 16.9 Å². The molecule has 0 radical (unpaired) electrons. The quantitative estimate of drug-likeness (QED) is 0.641. The Hall–Kier alpha value is -3.32. The molecule has 6 nitrogen and oxygen atoms in total. The molecule has 0 unspecified atom stereocenters. The summed E-state index contributed by atoms with van der Waals surface area (Å²) in [5.74, 6) is 0.741. The van der Waals surface area contributed by atoms with Gasteiger partial charge in [-0.1, -0.05) is 24.3 Å². The fourth-order valence-corrected chi connectivity index (χ4v) is 5.37. The van der Waals surface area contributed by atoms with Gasteiger partial charge in [-0.25, -0.2) is 8.42 Å². The second-order valence-electron chi connectivity index (χ2n) is 7.45. The van der Waals surface area contributed by atoms with Crippen molar-refractivity contribution < 1.29 is 17.9 Å². The first-order valence-electron chi connectivity index (χ1n) is 10.0. The zero-order chi connectivity index (χ0) is 22.0. The minimum atomic E-state index is -3.22. The molecule has 1 heterocycles. The maximum Gasteiger partial charge on any atom is 0.255 e. The summed E-state index contributed by atoms with van der Waals surface area (Å²) in [6.45, 7) is 2.42.